The number of anilines is 3. The first-order valence-electron chi connectivity index (χ1n) is 7.18. The van der Waals surface area contributed by atoms with Crippen molar-refractivity contribution in [2.75, 3.05) is 11.1 Å². The topological polar surface area (TPSA) is 92.5 Å². The second-order valence-electron chi connectivity index (χ2n) is 5.12. The Balaban J connectivity index is 1.78. The van der Waals surface area contributed by atoms with E-state index in [0.717, 1.165) is 16.8 Å². The number of para-hydroxylation sites is 1. The highest BCUT2D eigenvalue weighted by Crippen LogP contribution is 2.25. The van der Waals surface area contributed by atoms with Crippen LogP contribution in [0.4, 0.5) is 17.2 Å². The number of imidazole rings is 1. The zero-order chi connectivity index (χ0) is 15.6. The lowest BCUT2D eigenvalue weighted by molar-refractivity contribution is 1.20. The summed E-state index contributed by atoms with van der Waals surface area (Å²) in [7, 11) is 0. The van der Waals surface area contributed by atoms with Crippen LogP contribution < -0.4 is 11.1 Å². The number of nitrogens with two attached hydrogens (primary N) is 1. The van der Waals surface area contributed by atoms with Crippen LogP contribution in [0.3, 0.4) is 0 Å². The molecule has 2 aromatic heterocycles. The van der Waals surface area contributed by atoms with Crippen LogP contribution >= 0.6 is 0 Å². The predicted octanol–water partition coefficient (Wildman–Crippen LogP) is 3.35. The lowest BCUT2D eigenvalue weighted by Crippen LogP contribution is -1.95. The molecule has 0 radical (unpaired) electrons. The van der Waals surface area contributed by atoms with E-state index in [1.165, 1.54) is 6.33 Å². The highest BCUT2D eigenvalue weighted by atomic mass is 15.1. The molecule has 0 spiro atoms. The molecule has 0 aliphatic carbocycles. The first kappa shape index (κ1) is 13.3. The normalized spacial score (nSPS) is 10.8. The number of fused-ring (bicyclic) bond motifs is 1. The number of aromatic nitrogens is 4. The van der Waals surface area contributed by atoms with Crippen LogP contribution in [0.2, 0.25) is 0 Å². The van der Waals surface area contributed by atoms with Crippen molar-refractivity contribution < 1.29 is 0 Å². The first-order valence-corrected chi connectivity index (χ1v) is 7.18. The molecule has 4 aromatic rings. The van der Waals surface area contributed by atoms with Gasteiger partial charge in [-0.15, -0.1) is 0 Å². The van der Waals surface area contributed by atoms with Crippen LogP contribution in [0, 0.1) is 0 Å². The Kier molecular flexibility index (Phi) is 3.12. The van der Waals surface area contributed by atoms with Gasteiger partial charge in [0, 0.05) is 16.9 Å². The van der Waals surface area contributed by atoms with Gasteiger partial charge in [-0.3, -0.25) is 0 Å². The average Bonchev–Trinajstić information content (AvgIpc) is 3.01. The fraction of sp³-hybridized carbons (Fsp3) is 0. The van der Waals surface area contributed by atoms with Gasteiger partial charge in [0.05, 0.1) is 0 Å². The summed E-state index contributed by atoms with van der Waals surface area (Å²) in [5.41, 5.74) is 9.76. The molecule has 4 rings (SSSR count). The quantitative estimate of drug-likeness (QED) is 0.505. The van der Waals surface area contributed by atoms with E-state index in [1.54, 1.807) is 0 Å². The van der Waals surface area contributed by atoms with Crippen molar-refractivity contribution in [3.8, 4) is 11.4 Å². The van der Waals surface area contributed by atoms with Crippen molar-refractivity contribution in [1.82, 2.24) is 19.9 Å². The van der Waals surface area contributed by atoms with Gasteiger partial charge in [0.2, 0.25) is 0 Å². The fourth-order valence-electron chi connectivity index (χ4n) is 2.40. The Morgan fingerprint density at radius 2 is 1.83 bits per heavy atom. The second kappa shape index (κ2) is 5.42. The monoisotopic (exact) mass is 302 g/mol. The van der Waals surface area contributed by atoms with E-state index in [1.807, 2.05) is 54.6 Å². The zero-order valence-electron chi connectivity index (χ0n) is 12.2. The Hall–Kier alpha value is -3.41. The van der Waals surface area contributed by atoms with E-state index in [4.69, 9.17) is 5.73 Å². The highest BCUT2D eigenvalue weighted by molar-refractivity contribution is 5.87. The molecular formula is C17H14N6. The molecule has 0 aliphatic rings. The van der Waals surface area contributed by atoms with Gasteiger partial charge in [-0.1, -0.05) is 30.3 Å². The number of nitrogens with one attached hydrogen (secondary N) is 2. The summed E-state index contributed by atoms with van der Waals surface area (Å²) in [6.45, 7) is 0. The molecule has 4 N–H and O–H groups in total. The zero-order valence-corrected chi connectivity index (χ0v) is 12.2. The lowest BCUT2D eigenvalue weighted by atomic mass is 10.2. The maximum absolute atomic E-state index is 5.84. The molecule has 0 saturated heterocycles. The van der Waals surface area contributed by atoms with Crippen molar-refractivity contribution >= 4 is 28.4 Å². The van der Waals surface area contributed by atoms with Crippen LogP contribution in [0.5, 0.6) is 0 Å². The molecule has 0 aliphatic heterocycles. The van der Waals surface area contributed by atoms with Gasteiger partial charge >= 0.3 is 0 Å². The fourth-order valence-corrected chi connectivity index (χ4v) is 2.40. The third-order valence-electron chi connectivity index (χ3n) is 3.48. The maximum Gasteiger partial charge on any atom is 0.183 e. The largest absolute Gasteiger partial charge is 0.399 e. The third kappa shape index (κ3) is 2.57. The molecule has 112 valence electrons. The molecule has 0 fully saturated rings. The Bertz CT molecular complexity index is 961. The van der Waals surface area contributed by atoms with Crippen LogP contribution in [0.1, 0.15) is 0 Å². The van der Waals surface area contributed by atoms with Crippen LogP contribution in [0.15, 0.2) is 60.9 Å². The summed E-state index contributed by atoms with van der Waals surface area (Å²) in [4.78, 5) is 16.3. The molecule has 0 unspecified atom stereocenters. The van der Waals surface area contributed by atoms with E-state index in [-0.39, 0.29) is 0 Å². The number of aromatic amines is 1. The van der Waals surface area contributed by atoms with Crippen LogP contribution in [0.25, 0.3) is 22.6 Å². The molecule has 2 aromatic carbocycles. The van der Waals surface area contributed by atoms with Gasteiger partial charge in [-0.2, -0.15) is 0 Å². The van der Waals surface area contributed by atoms with Gasteiger partial charge in [-0.25, -0.2) is 15.0 Å². The van der Waals surface area contributed by atoms with Gasteiger partial charge < -0.3 is 16.0 Å². The SMILES string of the molecule is Nc1cccc(-c2nc3ncnc(Nc4ccccc4)c3[nH]2)c1. The molecule has 23 heavy (non-hydrogen) atoms. The van der Waals surface area contributed by atoms with Crippen LogP contribution in [-0.4, -0.2) is 19.9 Å². The number of H-pyrrole nitrogens is 1. The summed E-state index contributed by atoms with van der Waals surface area (Å²) in [6, 6.07) is 17.4. The predicted molar refractivity (Wildman–Crippen MR) is 91.3 cm³/mol. The summed E-state index contributed by atoms with van der Waals surface area (Å²) in [6.07, 6.45) is 1.50. The maximum atomic E-state index is 5.84. The Morgan fingerprint density at radius 1 is 0.957 bits per heavy atom. The van der Waals surface area contributed by atoms with Gasteiger partial charge in [0.25, 0.3) is 0 Å². The van der Waals surface area contributed by atoms with Gasteiger partial charge in [0.1, 0.15) is 17.7 Å². The minimum atomic E-state index is 0.607. The minimum Gasteiger partial charge on any atom is -0.399 e. The average molecular weight is 302 g/mol. The molecule has 6 heteroatoms. The van der Waals surface area contributed by atoms with Crippen molar-refractivity contribution in [2.45, 2.75) is 0 Å². The summed E-state index contributed by atoms with van der Waals surface area (Å²) >= 11 is 0. The number of nitrogen functional groups attached to an aromatic ring is 1. The first-order chi connectivity index (χ1) is 11.3. The molecule has 0 bridgehead atoms. The number of hydrogen-bond acceptors (Lipinski definition) is 5. The molecular weight excluding hydrogens is 288 g/mol. The molecule has 6 nitrogen and oxygen atoms in total. The second-order valence-corrected chi connectivity index (χ2v) is 5.12. The van der Waals surface area contributed by atoms with E-state index in [9.17, 15) is 0 Å². The Morgan fingerprint density at radius 3 is 2.65 bits per heavy atom. The van der Waals surface area contributed by atoms with E-state index in [2.05, 4.69) is 25.3 Å². The number of hydrogen-bond donors (Lipinski definition) is 3. The van der Waals surface area contributed by atoms with Crippen molar-refractivity contribution in [2.24, 2.45) is 0 Å². The van der Waals surface area contributed by atoms with Crippen molar-refractivity contribution in [1.29, 1.82) is 0 Å². The molecule has 2 heterocycles. The summed E-state index contributed by atoms with van der Waals surface area (Å²) in [5, 5.41) is 3.28. The highest BCUT2D eigenvalue weighted by Gasteiger charge is 2.11. The smallest absolute Gasteiger partial charge is 0.183 e. The number of nitrogens with zero attached hydrogens (tertiary/aromatic N) is 3. The van der Waals surface area contributed by atoms with Crippen molar-refractivity contribution in [3.05, 3.63) is 60.9 Å². The minimum absolute atomic E-state index is 0.607. The molecule has 0 saturated carbocycles. The lowest BCUT2D eigenvalue weighted by Gasteiger charge is -2.05. The van der Waals surface area contributed by atoms with Gasteiger partial charge in [0.15, 0.2) is 11.5 Å². The Labute approximate surface area is 132 Å². The number of benzene rings is 2. The molecule has 0 atom stereocenters. The summed E-state index contributed by atoms with van der Waals surface area (Å²) in [5.74, 6) is 1.40. The van der Waals surface area contributed by atoms with Crippen LogP contribution in [-0.2, 0) is 0 Å². The van der Waals surface area contributed by atoms with Gasteiger partial charge in [-0.05, 0) is 24.3 Å². The molecule has 0 amide bonds. The van der Waals surface area contributed by atoms with E-state index in [0.29, 0.717) is 23.0 Å². The standard InChI is InChI=1S/C17H14N6/c18-12-6-4-5-11(9-12)15-22-14-16(19-10-20-17(14)23-15)21-13-7-2-1-3-8-13/h1-10H,18H2,(H2,19,20,21,22,23). The summed E-state index contributed by atoms with van der Waals surface area (Å²) < 4.78 is 0. The number of rotatable bonds is 3. The van der Waals surface area contributed by atoms with E-state index >= 15 is 0 Å². The van der Waals surface area contributed by atoms with E-state index < -0.39 is 0 Å². The van der Waals surface area contributed by atoms with Crippen molar-refractivity contribution in [3.63, 3.8) is 0 Å². The third-order valence-corrected chi connectivity index (χ3v) is 3.48.